The zero-order chi connectivity index (χ0) is 6.78. The molecule has 2 N–H and O–H groups in total. The summed E-state index contributed by atoms with van der Waals surface area (Å²) < 4.78 is 0. The van der Waals surface area contributed by atoms with Gasteiger partial charge in [-0.2, -0.15) is 5.26 Å². The van der Waals surface area contributed by atoms with Crippen molar-refractivity contribution in [3.63, 3.8) is 0 Å². The van der Waals surface area contributed by atoms with Crippen LogP contribution < -0.4 is 5.73 Å². The number of nitriles is 1. The molecule has 0 aromatic rings. The second kappa shape index (κ2) is 3.71. The highest BCUT2D eigenvalue weighted by Gasteiger charge is 2.19. The average Bonchev–Trinajstić information content (AvgIpc) is 1.62. The summed E-state index contributed by atoms with van der Waals surface area (Å²) in [6.45, 7) is 5.84. The molecule has 0 aromatic heterocycles. The van der Waals surface area contributed by atoms with E-state index in [1.54, 1.807) is 0 Å². The summed E-state index contributed by atoms with van der Waals surface area (Å²) in [5.74, 6) is 0. The van der Waals surface area contributed by atoms with Crippen molar-refractivity contribution < 1.29 is 0 Å². The van der Waals surface area contributed by atoms with Gasteiger partial charge in [0.15, 0.2) is 0 Å². The minimum absolute atomic E-state index is 0. The zero-order valence-corrected chi connectivity index (χ0v) is 6.83. The van der Waals surface area contributed by atoms with Crippen molar-refractivity contribution in [1.82, 2.24) is 0 Å². The van der Waals surface area contributed by atoms with Crippen LogP contribution in [-0.2, 0) is 0 Å². The summed E-state index contributed by atoms with van der Waals surface area (Å²) in [4.78, 5) is 0. The van der Waals surface area contributed by atoms with Crippen LogP contribution in [0.4, 0.5) is 0 Å². The van der Waals surface area contributed by atoms with Gasteiger partial charge in [-0.3, -0.25) is 0 Å². The molecule has 0 saturated heterocycles. The van der Waals surface area contributed by atoms with Crippen LogP contribution in [0.25, 0.3) is 0 Å². The number of nitrogens with two attached hydrogens (primary N) is 1. The van der Waals surface area contributed by atoms with Crippen LogP contribution in [0.5, 0.6) is 0 Å². The second-order valence-electron chi connectivity index (χ2n) is 2.97. The summed E-state index contributed by atoms with van der Waals surface area (Å²) in [6.07, 6.45) is 0. The van der Waals surface area contributed by atoms with Gasteiger partial charge in [0.05, 0.1) is 12.1 Å². The van der Waals surface area contributed by atoms with E-state index in [9.17, 15) is 0 Å². The average molecular weight is 149 g/mol. The molecule has 1 atom stereocenters. The van der Waals surface area contributed by atoms with Crippen molar-refractivity contribution >= 4 is 12.4 Å². The Labute approximate surface area is 62.4 Å². The van der Waals surface area contributed by atoms with Crippen molar-refractivity contribution in [3.05, 3.63) is 0 Å². The molecule has 0 aliphatic rings. The molecule has 0 aliphatic carbocycles. The van der Waals surface area contributed by atoms with E-state index >= 15 is 0 Å². The Morgan fingerprint density at radius 2 is 1.78 bits per heavy atom. The van der Waals surface area contributed by atoms with E-state index in [1.807, 2.05) is 26.8 Å². The molecule has 0 amide bonds. The van der Waals surface area contributed by atoms with E-state index in [0.717, 1.165) is 0 Å². The fraction of sp³-hybridized carbons (Fsp3) is 0.833. The fourth-order valence-electron chi connectivity index (χ4n) is 0.194. The highest BCUT2D eigenvalue weighted by molar-refractivity contribution is 5.85. The van der Waals surface area contributed by atoms with E-state index in [-0.39, 0.29) is 23.9 Å². The third-order valence-electron chi connectivity index (χ3n) is 1.07. The van der Waals surface area contributed by atoms with Crippen LogP contribution in [0.2, 0.25) is 0 Å². The van der Waals surface area contributed by atoms with Gasteiger partial charge in [-0.1, -0.05) is 20.8 Å². The molecule has 0 bridgehead atoms. The van der Waals surface area contributed by atoms with Crippen molar-refractivity contribution in [2.24, 2.45) is 11.1 Å². The fourth-order valence-corrected chi connectivity index (χ4v) is 0.194. The smallest absolute Gasteiger partial charge is 0.0976 e. The van der Waals surface area contributed by atoms with Crippen molar-refractivity contribution in [3.8, 4) is 6.07 Å². The van der Waals surface area contributed by atoms with Crippen molar-refractivity contribution in [2.45, 2.75) is 26.8 Å². The van der Waals surface area contributed by atoms with E-state index < -0.39 is 0 Å². The second-order valence-corrected chi connectivity index (χ2v) is 2.97. The zero-order valence-electron chi connectivity index (χ0n) is 6.01. The maximum Gasteiger partial charge on any atom is 0.0976 e. The van der Waals surface area contributed by atoms with Gasteiger partial charge in [-0.25, -0.2) is 0 Å². The van der Waals surface area contributed by atoms with E-state index in [1.165, 1.54) is 0 Å². The van der Waals surface area contributed by atoms with E-state index in [4.69, 9.17) is 11.0 Å². The highest BCUT2D eigenvalue weighted by Crippen LogP contribution is 2.15. The van der Waals surface area contributed by atoms with Gasteiger partial charge in [-0.15, -0.1) is 12.4 Å². The molecule has 0 heterocycles. The molecule has 2 nitrogen and oxygen atoms in total. The van der Waals surface area contributed by atoms with Gasteiger partial charge in [-0.05, 0) is 5.41 Å². The first-order chi connectivity index (χ1) is 3.48. The topological polar surface area (TPSA) is 49.8 Å². The van der Waals surface area contributed by atoms with E-state index in [2.05, 4.69) is 0 Å². The predicted molar refractivity (Wildman–Crippen MR) is 40.3 cm³/mol. The lowest BCUT2D eigenvalue weighted by Gasteiger charge is -2.19. The third kappa shape index (κ3) is 4.26. The summed E-state index contributed by atoms with van der Waals surface area (Å²) >= 11 is 0. The number of hydrogen-bond donors (Lipinski definition) is 1. The Morgan fingerprint density at radius 1 is 1.44 bits per heavy atom. The minimum Gasteiger partial charge on any atom is -0.315 e. The van der Waals surface area contributed by atoms with Crippen molar-refractivity contribution in [2.75, 3.05) is 0 Å². The van der Waals surface area contributed by atoms with Crippen LogP contribution in [0.1, 0.15) is 20.8 Å². The molecule has 0 aromatic carbocycles. The first-order valence-corrected chi connectivity index (χ1v) is 2.63. The lowest BCUT2D eigenvalue weighted by atomic mass is 9.89. The van der Waals surface area contributed by atoms with Crippen LogP contribution in [0.15, 0.2) is 0 Å². The number of nitrogens with zero attached hydrogens (tertiary/aromatic N) is 1. The molecule has 0 radical (unpaired) electrons. The standard InChI is InChI=1S/C6H12N2.ClH/c1-6(2,3)5(8)4-7;/h5H,8H2,1-3H3;1H. The molecule has 3 heteroatoms. The predicted octanol–water partition coefficient (Wildman–Crippen LogP) is 1.31. The molecule has 0 rings (SSSR count). The molecule has 9 heavy (non-hydrogen) atoms. The molecule has 54 valence electrons. The monoisotopic (exact) mass is 148 g/mol. The maximum atomic E-state index is 8.30. The highest BCUT2D eigenvalue weighted by atomic mass is 35.5. The lowest BCUT2D eigenvalue weighted by molar-refractivity contribution is 0.372. The molecular formula is C6H13ClN2. The van der Waals surface area contributed by atoms with Crippen LogP contribution in [0.3, 0.4) is 0 Å². The Morgan fingerprint density at radius 3 is 1.78 bits per heavy atom. The van der Waals surface area contributed by atoms with Crippen LogP contribution >= 0.6 is 12.4 Å². The number of halogens is 1. The third-order valence-corrected chi connectivity index (χ3v) is 1.07. The minimum atomic E-state index is -0.345. The largest absolute Gasteiger partial charge is 0.315 e. The van der Waals surface area contributed by atoms with Gasteiger partial charge >= 0.3 is 0 Å². The number of hydrogen-bond acceptors (Lipinski definition) is 2. The molecule has 1 unspecified atom stereocenters. The summed E-state index contributed by atoms with van der Waals surface area (Å²) in [5.41, 5.74) is 5.31. The van der Waals surface area contributed by atoms with E-state index in [0.29, 0.717) is 0 Å². The Hall–Kier alpha value is -0.260. The van der Waals surface area contributed by atoms with Gasteiger partial charge in [0.25, 0.3) is 0 Å². The molecule has 0 fully saturated rings. The normalized spacial score (nSPS) is 13.2. The van der Waals surface area contributed by atoms with Gasteiger partial charge < -0.3 is 5.73 Å². The first kappa shape index (κ1) is 11.5. The first-order valence-electron chi connectivity index (χ1n) is 2.63. The SMILES string of the molecule is CC(C)(C)C(N)C#N.Cl. The Balaban J connectivity index is 0. The van der Waals surface area contributed by atoms with Crippen molar-refractivity contribution in [1.29, 1.82) is 5.26 Å². The maximum absolute atomic E-state index is 8.30. The summed E-state index contributed by atoms with van der Waals surface area (Å²) in [5, 5.41) is 8.30. The lowest BCUT2D eigenvalue weighted by Crippen LogP contribution is -2.33. The number of rotatable bonds is 0. The molecular weight excluding hydrogens is 136 g/mol. The van der Waals surface area contributed by atoms with Gasteiger partial charge in [0.1, 0.15) is 0 Å². The summed E-state index contributed by atoms with van der Waals surface area (Å²) in [7, 11) is 0. The summed E-state index contributed by atoms with van der Waals surface area (Å²) in [6, 6.07) is 1.64. The Kier molecular flexibility index (Phi) is 4.75. The van der Waals surface area contributed by atoms with Gasteiger partial charge in [0.2, 0.25) is 0 Å². The molecule has 0 saturated carbocycles. The molecule has 0 spiro atoms. The van der Waals surface area contributed by atoms with Gasteiger partial charge in [0, 0.05) is 0 Å². The van der Waals surface area contributed by atoms with Crippen LogP contribution in [0, 0.1) is 16.7 Å². The Bertz CT molecular complexity index is 109. The van der Waals surface area contributed by atoms with Crippen LogP contribution in [-0.4, -0.2) is 6.04 Å². The quantitative estimate of drug-likeness (QED) is 0.563. The molecule has 0 aliphatic heterocycles.